The average Bonchev–Trinajstić information content (AvgIpc) is 2.88. The average molecular weight is 649 g/mol. The Bertz CT molecular complexity index is 1700. The number of hydrogen-bond acceptors (Lipinski definition) is 6. The van der Waals surface area contributed by atoms with Gasteiger partial charge in [0.1, 0.15) is 5.75 Å². The predicted octanol–water partition coefficient (Wildman–Crippen LogP) is 7.93. The number of rotatable bonds is 9. The van der Waals surface area contributed by atoms with Crippen LogP contribution in [0, 0.1) is 20.8 Å². The quantitative estimate of drug-likeness (QED) is 0.183. The summed E-state index contributed by atoms with van der Waals surface area (Å²) in [6.07, 6.45) is 7.41. The van der Waals surface area contributed by atoms with Crippen molar-refractivity contribution >= 4 is 40.9 Å². The van der Waals surface area contributed by atoms with Gasteiger partial charge in [-0.3, -0.25) is 0 Å². The summed E-state index contributed by atoms with van der Waals surface area (Å²) in [7, 11) is -11.1. The lowest BCUT2D eigenvalue weighted by Gasteiger charge is -2.31. The van der Waals surface area contributed by atoms with Gasteiger partial charge in [0.25, 0.3) is 10.1 Å². The fourth-order valence-corrected chi connectivity index (χ4v) is 12.8. The van der Waals surface area contributed by atoms with Crippen LogP contribution >= 0.6 is 20.6 Å². The van der Waals surface area contributed by atoms with Gasteiger partial charge in [-0.25, -0.2) is 7.26 Å². The monoisotopic (exact) mass is 648 g/mol. The molecule has 0 bridgehead atoms. The second-order valence-electron chi connectivity index (χ2n) is 10.6. The van der Waals surface area contributed by atoms with Gasteiger partial charge in [-0.1, -0.05) is 105 Å². The van der Waals surface area contributed by atoms with Gasteiger partial charge >= 0.3 is 10.1 Å². The van der Waals surface area contributed by atoms with Gasteiger partial charge in [0.2, 0.25) is 0 Å². The van der Waals surface area contributed by atoms with Crippen LogP contribution in [0.2, 0.25) is 0 Å². The van der Waals surface area contributed by atoms with E-state index in [2.05, 4.69) is 0 Å². The lowest BCUT2D eigenvalue weighted by molar-refractivity contribution is 0.508. The molecule has 0 aliphatic rings. The molecule has 0 atom stereocenters. The topological polar surface area (TPSA) is 86.7 Å². The zero-order valence-corrected chi connectivity index (χ0v) is 28.4. The molecule has 4 aromatic rings. The number of hydrogen-bond donors (Lipinski definition) is 0. The molecule has 0 radical (unpaired) electrons. The summed E-state index contributed by atoms with van der Waals surface area (Å²) in [6.45, 7) is 5.85. The molecule has 0 spiro atoms. The molecule has 42 heavy (non-hydrogen) atoms. The minimum atomic E-state index is -3.76. The third-order valence-corrected chi connectivity index (χ3v) is 15.1. The van der Waals surface area contributed by atoms with Crippen LogP contribution in [-0.4, -0.2) is 41.9 Å². The molecule has 0 aromatic heterocycles. The van der Waals surface area contributed by atoms with E-state index < -0.39 is 40.9 Å². The van der Waals surface area contributed by atoms with Crippen LogP contribution in [0.3, 0.4) is 0 Å². The Morgan fingerprint density at radius 3 is 1.43 bits per heavy atom. The highest BCUT2D eigenvalue weighted by molar-refractivity contribution is 8.32. The molecule has 0 fully saturated rings. The van der Waals surface area contributed by atoms with Crippen molar-refractivity contribution in [3.05, 3.63) is 125 Å². The Balaban J connectivity index is 0.000000230. The first-order valence-corrected chi connectivity index (χ1v) is 20.8. The van der Waals surface area contributed by atoms with Gasteiger partial charge < -0.3 is 0 Å². The SMILES string of the molecule is Cc1ccc(S(=O)(=O)OS(C)(C)c2ccccc2C)cc1.Cc1ccccc1S(C)(C)OS(=O)(=O)Cc1ccccc1. The summed E-state index contributed by atoms with van der Waals surface area (Å²) in [5.41, 5.74) is 3.83. The van der Waals surface area contributed by atoms with E-state index in [1.807, 2.05) is 113 Å². The van der Waals surface area contributed by atoms with E-state index >= 15 is 0 Å². The molecule has 228 valence electrons. The molecule has 6 nitrogen and oxygen atoms in total. The largest absolute Gasteiger partial charge is 0.306 e. The molecule has 0 aliphatic carbocycles. The first kappa shape index (κ1) is 33.9. The van der Waals surface area contributed by atoms with Crippen LogP contribution < -0.4 is 0 Å². The highest BCUT2D eigenvalue weighted by Gasteiger charge is 2.28. The van der Waals surface area contributed by atoms with Crippen LogP contribution in [0.25, 0.3) is 0 Å². The normalized spacial score (nSPS) is 13.1. The summed E-state index contributed by atoms with van der Waals surface area (Å²) in [4.78, 5) is 2.10. The molecular weight excluding hydrogens is 609 g/mol. The van der Waals surface area contributed by atoms with Gasteiger partial charge in [0.05, 0.1) is 4.90 Å². The van der Waals surface area contributed by atoms with Crippen molar-refractivity contribution in [1.82, 2.24) is 0 Å². The summed E-state index contributed by atoms with van der Waals surface area (Å²) in [5, 5.41) is 0. The molecule has 0 unspecified atom stereocenters. The Labute approximate surface area is 255 Å². The Morgan fingerprint density at radius 1 is 0.524 bits per heavy atom. The lowest BCUT2D eigenvalue weighted by atomic mass is 10.2. The summed E-state index contributed by atoms with van der Waals surface area (Å²) >= 11 is 0. The maximum absolute atomic E-state index is 12.4. The second kappa shape index (κ2) is 13.8. The minimum absolute atomic E-state index is 0.101. The van der Waals surface area contributed by atoms with Crippen molar-refractivity contribution in [2.45, 2.75) is 41.2 Å². The molecule has 0 N–H and O–H groups in total. The van der Waals surface area contributed by atoms with E-state index in [0.29, 0.717) is 0 Å². The summed E-state index contributed by atoms with van der Waals surface area (Å²) < 4.78 is 60.6. The third-order valence-electron chi connectivity index (χ3n) is 6.28. The number of benzene rings is 4. The molecule has 4 aromatic carbocycles. The Hall–Kier alpha value is -2.60. The van der Waals surface area contributed by atoms with E-state index in [1.54, 1.807) is 36.4 Å². The molecule has 0 saturated heterocycles. The van der Waals surface area contributed by atoms with Crippen LogP contribution in [-0.2, 0) is 33.2 Å². The van der Waals surface area contributed by atoms with Gasteiger partial charge in [-0.2, -0.15) is 16.8 Å². The number of aryl methyl sites for hydroxylation is 3. The van der Waals surface area contributed by atoms with E-state index in [1.165, 1.54) is 0 Å². The summed E-state index contributed by atoms with van der Waals surface area (Å²) in [5.74, 6) is -0.101. The van der Waals surface area contributed by atoms with Crippen molar-refractivity contribution in [3.8, 4) is 0 Å². The van der Waals surface area contributed by atoms with Crippen LogP contribution in [0.1, 0.15) is 22.3 Å². The molecule has 0 aliphatic heterocycles. The van der Waals surface area contributed by atoms with Gasteiger partial charge in [-0.15, -0.1) is 0 Å². The summed E-state index contributed by atoms with van der Waals surface area (Å²) in [6, 6.07) is 31.3. The van der Waals surface area contributed by atoms with Gasteiger partial charge in [0, 0.05) is 9.79 Å². The zero-order chi connectivity index (χ0) is 31.2. The molecule has 4 rings (SSSR count). The van der Waals surface area contributed by atoms with Crippen molar-refractivity contribution in [2.75, 3.05) is 25.0 Å². The lowest BCUT2D eigenvalue weighted by Crippen LogP contribution is -2.13. The third kappa shape index (κ3) is 9.45. The van der Waals surface area contributed by atoms with Crippen molar-refractivity contribution in [1.29, 1.82) is 0 Å². The van der Waals surface area contributed by atoms with E-state index in [0.717, 1.165) is 32.0 Å². The van der Waals surface area contributed by atoms with E-state index in [9.17, 15) is 16.8 Å². The highest BCUT2D eigenvalue weighted by Crippen LogP contribution is 2.54. The minimum Gasteiger partial charge on any atom is -0.216 e. The van der Waals surface area contributed by atoms with E-state index in [-0.39, 0.29) is 10.6 Å². The smallest absolute Gasteiger partial charge is 0.216 e. The first-order valence-electron chi connectivity index (χ1n) is 13.1. The molecular formula is C32H40O6S4. The fraction of sp³-hybridized carbons (Fsp3) is 0.250. The van der Waals surface area contributed by atoms with Crippen LogP contribution in [0.4, 0.5) is 0 Å². The van der Waals surface area contributed by atoms with Crippen LogP contribution in [0.15, 0.2) is 118 Å². The predicted molar refractivity (Wildman–Crippen MR) is 177 cm³/mol. The van der Waals surface area contributed by atoms with Gasteiger partial charge in [0.15, 0.2) is 0 Å². The van der Waals surface area contributed by atoms with E-state index in [4.69, 9.17) is 7.26 Å². The maximum atomic E-state index is 12.4. The van der Waals surface area contributed by atoms with Gasteiger partial charge in [-0.05, 0) is 86.8 Å². The zero-order valence-electron chi connectivity index (χ0n) is 25.1. The Kier molecular flexibility index (Phi) is 11.1. The highest BCUT2D eigenvalue weighted by atomic mass is 32.3. The maximum Gasteiger partial charge on any atom is 0.306 e. The molecule has 0 heterocycles. The van der Waals surface area contributed by atoms with Crippen molar-refractivity contribution in [3.63, 3.8) is 0 Å². The fourth-order valence-electron chi connectivity index (χ4n) is 4.32. The molecule has 10 heteroatoms. The molecule has 0 saturated carbocycles. The standard InChI is InChI=1S/2C16H20O3S2/c1-13-9-11-15(12-10-13)21(17,18)19-20(3,4)16-8-6-5-7-14(16)2;1-14-9-7-8-12-16(14)20(2,3)19-21(17,18)13-15-10-5-4-6-11-15/h5-12H,1-4H3;4-12H,13H2,1-3H3. The second-order valence-corrected chi connectivity index (χ2v) is 20.3. The van der Waals surface area contributed by atoms with Crippen molar-refractivity contribution in [2.24, 2.45) is 0 Å². The Morgan fingerprint density at radius 2 is 0.952 bits per heavy atom. The first-order chi connectivity index (χ1) is 19.5. The molecule has 0 amide bonds. The van der Waals surface area contributed by atoms with Crippen molar-refractivity contribution < 1.29 is 24.1 Å². The van der Waals surface area contributed by atoms with Crippen LogP contribution in [0.5, 0.6) is 0 Å².